The fourth-order valence-electron chi connectivity index (χ4n) is 2.04. The Labute approximate surface area is 124 Å². The number of nitrogens with zero attached hydrogens (tertiary/aromatic N) is 2. The molecule has 0 N–H and O–H groups in total. The molecule has 1 heterocycles. The lowest BCUT2D eigenvalue weighted by atomic mass is 10.2. The maximum atomic E-state index is 11.2. The van der Waals surface area contributed by atoms with Crippen molar-refractivity contribution in [3.05, 3.63) is 47.3 Å². The molecular weight excluding hydrogens is 264 g/mol. The number of carbonyl (C=O) groups excluding carboxylic acids is 1. The average molecular weight is 282 g/mol. The van der Waals surface area contributed by atoms with Crippen molar-refractivity contribution < 1.29 is 9.53 Å². The topological polar surface area (TPSA) is 44.1 Å². The van der Waals surface area contributed by atoms with Crippen LogP contribution in [-0.4, -0.2) is 22.4 Å². The predicted molar refractivity (Wildman–Crippen MR) is 81.2 cm³/mol. The van der Waals surface area contributed by atoms with E-state index >= 15 is 0 Å². The number of carbonyl (C=O) groups is 1. The van der Waals surface area contributed by atoms with Crippen molar-refractivity contribution in [2.45, 2.75) is 27.2 Å². The summed E-state index contributed by atoms with van der Waals surface area (Å²) in [5.41, 5.74) is 3.86. The minimum atomic E-state index is -0.292. The van der Waals surface area contributed by atoms with Crippen LogP contribution in [0.1, 0.15) is 30.3 Å². The SMILES string of the molecule is CCOC(=O)CC#Cc1cccc(-n2nc(C)cc2C)c1. The number of rotatable bonds is 3. The van der Waals surface area contributed by atoms with Crippen LogP contribution in [0.25, 0.3) is 5.69 Å². The summed E-state index contributed by atoms with van der Waals surface area (Å²) < 4.78 is 6.72. The van der Waals surface area contributed by atoms with Crippen molar-refractivity contribution in [2.24, 2.45) is 0 Å². The van der Waals surface area contributed by atoms with Gasteiger partial charge in [-0.15, -0.1) is 0 Å². The second-order valence-electron chi connectivity index (χ2n) is 4.67. The van der Waals surface area contributed by atoms with Crippen molar-refractivity contribution in [3.63, 3.8) is 0 Å². The third-order valence-corrected chi connectivity index (χ3v) is 2.87. The van der Waals surface area contributed by atoms with Gasteiger partial charge in [0.25, 0.3) is 0 Å². The van der Waals surface area contributed by atoms with Gasteiger partial charge in [-0.05, 0) is 45.0 Å². The molecule has 0 unspecified atom stereocenters. The number of hydrogen-bond donors (Lipinski definition) is 0. The van der Waals surface area contributed by atoms with Crippen LogP contribution < -0.4 is 0 Å². The van der Waals surface area contributed by atoms with Gasteiger partial charge >= 0.3 is 5.97 Å². The van der Waals surface area contributed by atoms with E-state index in [1.165, 1.54) is 0 Å². The number of esters is 1. The molecule has 2 aromatic rings. The van der Waals surface area contributed by atoms with Crippen LogP contribution in [0.5, 0.6) is 0 Å². The molecule has 0 saturated heterocycles. The highest BCUT2D eigenvalue weighted by Crippen LogP contribution is 2.13. The molecule has 0 atom stereocenters. The van der Waals surface area contributed by atoms with E-state index in [2.05, 4.69) is 16.9 Å². The molecule has 4 heteroatoms. The third-order valence-electron chi connectivity index (χ3n) is 2.87. The molecule has 108 valence electrons. The van der Waals surface area contributed by atoms with Gasteiger partial charge < -0.3 is 4.74 Å². The van der Waals surface area contributed by atoms with E-state index in [0.717, 1.165) is 22.6 Å². The summed E-state index contributed by atoms with van der Waals surface area (Å²) in [5.74, 6) is 5.52. The Balaban J connectivity index is 2.17. The van der Waals surface area contributed by atoms with Gasteiger partial charge in [0.05, 0.1) is 18.0 Å². The van der Waals surface area contributed by atoms with Gasteiger partial charge in [-0.3, -0.25) is 4.79 Å². The molecule has 0 amide bonds. The van der Waals surface area contributed by atoms with E-state index in [4.69, 9.17) is 4.74 Å². The monoisotopic (exact) mass is 282 g/mol. The summed E-state index contributed by atoms with van der Waals surface area (Å²) in [4.78, 5) is 11.2. The molecule has 0 fully saturated rings. The molecule has 1 aromatic carbocycles. The molecule has 0 spiro atoms. The lowest BCUT2D eigenvalue weighted by molar-refractivity contribution is -0.141. The first-order valence-electron chi connectivity index (χ1n) is 6.88. The number of aromatic nitrogens is 2. The van der Waals surface area contributed by atoms with E-state index in [1.54, 1.807) is 6.92 Å². The number of hydrogen-bond acceptors (Lipinski definition) is 3. The molecule has 1 aromatic heterocycles. The Morgan fingerprint density at radius 2 is 2.14 bits per heavy atom. The molecule has 0 aliphatic carbocycles. The molecule has 0 saturated carbocycles. The van der Waals surface area contributed by atoms with Crippen molar-refractivity contribution >= 4 is 5.97 Å². The quantitative estimate of drug-likeness (QED) is 0.642. The van der Waals surface area contributed by atoms with E-state index in [9.17, 15) is 4.79 Å². The smallest absolute Gasteiger partial charge is 0.317 e. The Kier molecular flexibility index (Phi) is 4.78. The van der Waals surface area contributed by atoms with E-state index < -0.39 is 0 Å². The summed E-state index contributed by atoms with van der Waals surface area (Å²) in [6, 6.07) is 9.81. The van der Waals surface area contributed by atoms with Crippen molar-refractivity contribution in [1.82, 2.24) is 9.78 Å². The first kappa shape index (κ1) is 14.9. The molecule has 0 aliphatic heterocycles. The van der Waals surface area contributed by atoms with Gasteiger partial charge in [-0.25, -0.2) is 4.68 Å². The normalized spacial score (nSPS) is 9.86. The second kappa shape index (κ2) is 6.76. The summed E-state index contributed by atoms with van der Waals surface area (Å²) in [7, 11) is 0. The van der Waals surface area contributed by atoms with Crippen LogP contribution in [0.15, 0.2) is 30.3 Å². The van der Waals surface area contributed by atoms with Crippen molar-refractivity contribution in [1.29, 1.82) is 0 Å². The minimum absolute atomic E-state index is 0.109. The zero-order valence-electron chi connectivity index (χ0n) is 12.5. The summed E-state index contributed by atoms with van der Waals surface area (Å²) in [5, 5.41) is 4.45. The van der Waals surface area contributed by atoms with Gasteiger partial charge in [0.15, 0.2) is 0 Å². The van der Waals surface area contributed by atoms with Crippen LogP contribution in [0.4, 0.5) is 0 Å². The Morgan fingerprint density at radius 1 is 1.33 bits per heavy atom. The summed E-state index contributed by atoms with van der Waals surface area (Å²) in [6.07, 6.45) is 0.109. The highest BCUT2D eigenvalue weighted by atomic mass is 16.5. The Hall–Kier alpha value is -2.54. The van der Waals surface area contributed by atoms with Gasteiger partial charge in [-0.2, -0.15) is 5.10 Å². The highest BCUT2D eigenvalue weighted by molar-refractivity contribution is 5.72. The van der Waals surface area contributed by atoms with E-state index in [1.807, 2.05) is 48.9 Å². The largest absolute Gasteiger partial charge is 0.465 e. The maximum Gasteiger partial charge on any atom is 0.317 e. The minimum Gasteiger partial charge on any atom is -0.465 e. The maximum absolute atomic E-state index is 11.2. The van der Waals surface area contributed by atoms with E-state index in [-0.39, 0.29) is 12.4 Å². The van der Waals surface area contributed by atoms with Gasteiger partial charge in [0, 0.05) is 11.3 Å². The Morgan fingerprint density at radius 3 is 2.81 bits per heavy atom. The number of benzene rings is 1. The predicted octanol–water partition coefficient (Wildman–Crippen LogP) is 2.79. The molecule has 4 nitrogen and oxygen atoms in total. The fourth-order valence-corrected chi connectivity index (χ4v) is 2.04. The molecule has 0 radical (unpaired) electrons. The van der Waals surface area contributed by atoms with Crippen LogP contribution in [0, 0.1) is 25.7 Å². The summed E-state index contributed by atoms with van der Waals surface area (Å²) >= 11 is 0. The molecule has 0 bridgehead atoms. The lowest BCUT2D eigenvalue weighted by Crippen LogP contribution is -2.01. The van der Waals surface area contributed by atoms with Crippen LogP contribution in [0.3, 0.4) is 0 Å². The fraction of sp³-hybridized carbons (Fsp3) is 0.294. The number of aryl methyl sites for hydroxylation is 2. The standard InChI is InChI=1S/C17H18N2O2/c1-4-21-17(20)10-6-8-15-7-5-9-16(12-15)19-14(3)11-13(2)18-19/h5,7,9,11-12H,4,10H2,1-3H3. The zero-order chi connectivity index (χ0) is 15.2. The van der Waals surface area contributed by atoms with Crippen LogP contribution in [-0.2, 0) is 9.53 Å². The highest BCUT2D eigenvalue weighted by Gasteiger charge is 2.03. The number of ether oxygens (including phenoxy) is 1. The van der Waals surface area contributed by atoms with E-state index in [0.29, 0.717) is 6.61 Å². The molecule has 2 rings (SSSR count). The van der Waals surface area contributed by atoms with Crippen molar-refractivity contribution in [3.8, 4) is 17.5 Å². The first-order valence-corrected chi connectivity index (χ1v) is 6.88. The average Bonchev–Trinajstić information content (AvgIpc) is 2.78. The molecule has 21 heavy (non-hydrogen) atoms. The molecule has 0 aliphatic rings. The third kappa shape index (κ3) is 3.96. The first-order chi connectivity index (χ1) is 10.1. The zero-order valence-corrected chi connectivity index (χ0v) is 12.5. The Bertz CT molecular complexity index is 705. The van der Waals surface area contributed by atoms with Gasteiger partial charge in [0.2, 0.25) is 0 Å². The lowest BCUT2D eigenvalue weighted by Gasteiger charge is -2.04. The van der Waals surface area contributed by atoms with Crippen LogP contribution in [0.2, 0.25) is 0 Å². The van der Waals surface area contributed by atoms with Crippen molar-refractivity contribution in [2.75, 3.05) is 6.61 Å². The summed E-state index contributed by atoms with van der Waals surface area (Å²) in [6.45, 7) is 6.14. The van der Waals surface area contributed by atoms with Crippen LogP contribution >= 0.6 is 0 Å². The van der Waals surface area contributed by atoms with Gasteiger partial charge in [-0.1, -0.05) is 17.9 Å². The second-order valence-corrected chi connectivity index (χ2v) is 4.67. The van der Waals surface area contributed by atoms with Gasteiger partial charge in [0.1, 0.15) is 6.42 Å². The molecular formula is C17H18N2O2.